The number of thioether (sulfide) groups is 1. The zero-order valence-corrected chi connectivity index (χ0v) is 12.8. The number of anilines is 1. The minimum Gasteiger partial charge on any atom is -0.467 e. The summed E-state index contributed by atoms with van der Waals surface area (Å²) in [5.41, 5.74) is 0. The van der Waals surface area contributed by atoms with Crippen LogP contribution in [-0.2, 0) is 16.1 Å². The third-order valence-corrected chi connectivity index (χ3v) is 4.34. The molecule has 20 heavy (non-hydrogen) atoms. The second kappa shape index (κ2) is 7.30. The largest absolute Gasteiger partial charge is 0.467 e. The average Bonchev–Trinajstić information content (AvgIpc) is 3.07. The molecule has 0 amide bonds. The van der Waals surface area contributed by atoms with Crippen LogP contribution in [-0.4, -0.2) is 28.0 Å². The van der Waals surface area contributed by atoms with Gasteiger partial charge in [-0.15, -0.1) is 10.2 Å². The van der Waals surface area contributed by atoms with E-state index in [1.807, 2.05) is 12.1 Å². The molecule has 2 aromatic heterocycles. The monoisotopic (exact) mass is 313 g/mol. The highest BCUT2D eigenvalue weighted by Gasteiger charge is 2.18. The van der Waals surface area contributed by atoms with Crippen molar-refractivity contribution in [2.24, 2.45) is 0 Å². The Labute approximate surface area is 124 Å². The number of hydrogen-bond donors (Lipinski definition) is 1. The molecule has 8 heteroatoms. The third kappa shape index (κ3) is 4.24. The molecule has 0 bridgehead atoms. The summed E-state index contributed by atoms with van der Waals surface area (Å²) in [6.45, 7) is 4.52. The highest BCUT2D eigenvalue weighted by Crippen LogP contribution is 2.29. The lowest BCUT2D eigenvalue weighted by Gasteiger charge is -2.06. The molecule has 2 heterocycles. The minimum atomic E-state index is -0.291. The zero-order valence-electron chi connectivity index (χ0n) is 11.2. The van der Waals surface area contributed by atoms with Crippen LogP contribution in [0, 0.1) is 0 Å². The van der Waals surface area contributed by atoms with Crippen LogP contribution in [0.2, 0.25) is 0 Å². The van der Waals surface area contributed by atoms with Crippen molar-refractivity contribution < 1.29 is 13.9 Å². The van der Waals surface area contributed by atoms with Crippen molar-refractivity contribution in [1.29, 1.82) is 0 Å². The van der Waals surface area contributed by atoms with Crippen molar-refractivity contribution >= 4 is 34.2 Å². The summed E-state index contributed by atoms with van der Waals surface area (Å²) in [5.74, 6) is 0.590. The topological polar surface area (TPSA) is 77.2 Å². The van der Waals surface area contributed by atoms with Crippen LogP contribution >= 0.6 is 23.1 Å². The molecule has 0 aliphatic heterocycles. The average molecular weight is 313 g/mol. The molecule has 0 spiro atoms. The Morgan fingerprint density at radius 2 is 2.45 bits per heavy atom. The lowest BCUT2D eigenvalue weighted by molar-refractivity contribution is -0.142. The molecular weight excluding hydrogens is 298 g/mol. The summed E-state index contributed by atoms with van der Waals surface area (Å²) in [5, 5.41) is 11.6. The number of ether oxygens (including phenoxy) is 1. The van der Waals surface area contributed by atoms with E-state index in [4.69, 9.17) is 9.15 Å². The number of carbonyl (C=O) groups is 1. The van der Waals surface area contributed by atoms with Gasteiger partial charge in [-0.3, -0.25) is 4.79 Å². The fourth-order valence-corrected chi connectivity index (χ4v) is 3.25. The van der Waals surface area contributed by atoms with Crippen molar-refractivity contribution in [3.63, 3.8) is 0 Å². The number of rotatable bonds is 7. The van der Waals surface area contributed by atoms with Gasteiger partial charge in [0.25, 0.3) is 0 Å². The molecule has 0 fully saturated rings. The maximum atomic E-state index is 11.5. The number of esters is 1. The van der Waals surface area contributed by atoms with Gasteiger partial charge in [-0.2, -0.15) is 0 Å². The van der Waals surface area contributed by atoms with Gasteiger partial charge in [-0.05, 0) is 26.0 Å². The quantitative estimate of drug-likeness (QED) is 0.622. The van der Waals surface area contributed by atoms with E-state index >= 15 is 0 Å². The molecule has 0 aliphatic carbocycles. The minimum absolute atomic E-state index is 0.238. The first kappa shape index (κ1) is 14.9. The summed E-state index contributed by atoms with van der Waals surface area (Å²) in [6, 6.07) is 3.71. The van der Waals surface area contributed by atoms with Crippen LogP contribution < -0.4 is 5.32 Å². The number of furan rings is 1. The fraction of sp³-hybridized carbons (Fsp3) is 0.417. The Bertz CT molecular complexity index is 542. The summed E-state index contributed by atoms with van der Waals surface area (Å²) < 4.78 is 10.9. The Morgan fingerprint density at radius 3 is 3.15 bits per heavy atom. The van der Waals surface area contributed by atoms with Gasteiger partial charge in [-0.1, -0.05) is 23.1 Å². The van der Waals surface area contributed by atoms with Crippen LogP contribution in [0.3, 0.4) is 0 Å². The van der Waals surface area contributed by atoms with Crippen LogP contribution in [0.1, 0.15) is 19.6 Å². The molecule has 1 atom stereocenters. The van der Waals surface area contributed by atoms with E-state index in [0.717, 1.165) is 10.1 Å². The predicted molar refractivity (Wildman–Crippen MR) is 77.9 cm³/mol. The van der Waals surface area contributed by atoms with Crippen molar-refractivity contribution in [1.82, 2.24) is 10.2 Å². The molecule has 0 radical (unpaired) electrons. The lowest BCUT2D eigenvalue weighted by atomic mass is 10.4. The second-order valence-corrected chi connectivity index (χ2v) is 6.38. The van der Waals surface area contributed by atoms with Gasteiger partial charge >= 0.3 is 5.97 Å². The van der Waals surface area contributed by atoms with Crippen LogP contribution in [0.5, 0.6) is 0 Å². The van der Waals surface area contributed by atoms with Gasteiger partial charge in [0.15, 0.2) is 4.34 Å². The van der Waals surface area contributed by atoms with E-state index in [2.05, 4.69) is 15.5 Å². The van der Waals surface area contributed by atoms with Gasteiger partial charge in [0.2, 0.25) is 5.13 Å². The molecular formula is C12H15N3O3S2. The molecule has 2 rings (SSSR count). The Balaban J connectivity index is 1.84. The molecule has 0 saturated heterocycles. The Morgan fingerprint density at radius 1 is 1.60 bits per heavy atom. The zero-order chi connectivity index (χ0) is 14.4. The highest BCUT2D eigenvalue weighted by atomic mass is 32.2. The molecule has 6 nitrogen and oxygen atoms in total. The smallest absolute Gasteiger partial charge is 0.319 e. The number of aromatic nitrogens is 2. The number of hydrogen-bond acceptors (Lipinski definition) is 8. The molecule has 0 aromatic carbocycles. The van der Waals surface area contributed by atoms with Crippen LogP contribution in [0.15, 0.2) is 27.2 Å². The summed E-state index contributed by atoms with van der Waals surface area (Å²) in [4.78, 5) is 11.5. The molecule has 108 valence electrons. The fourth-order valence-electron chi connectivity index (χ4n) is 1.36. The standard InChI is InChI=1S/C12H15N3O3S2/c1-3-17-10(16)8(2)19-12-15-14-11(20-12)13-7-9-5-4-6-18-9/h4-6,8H,3,7H2,1-2H3,(H,13,14). The van der Waals surface area contributed by atoms with Crippen molar-refractivity contribution in [3.8, 4) is 0 Å². The Hall–Kier alpha value is -1.54. The first-order valence-electron chi connectivity index (χ1n) is 6.12. The van der Waals surface area contributed by atoms with Crippen molar-refractivity contribution in [3.05, 3.63) is 24.2 Å². The molecule has 0 aliphatic rings. The molecule has 1 N–H and O–H groups in total. The number of carbonyl (C=O) groups excluding carboxylic acids is 1. The van der Waals surface area contributed by atoms with Crippen LogP contribution in [0.25, 0.3) is 0 Å². The second-order valence-electron chi connectivity index (χ2n) is 3.82. The number of nitrogens with one attached hydrogen (secondary N) is 1. The van der Waals surface area contributed by atoms with Crippen LogP contribution in [0.4, 0.5) is 5.13 Å². The van der Waals surface area contributed by atoms with E-state index in [1.165, 1.54) is 23.1 Å². The van der Waals surface area contributed by atoms with Gasteiger partial charge in [0.1, 0.15) is 11.0 Å². The van der Waals surface area contributed by atoms with E-state index in [1.54, 1.807) is 20.1 Å². The highest BCUT2D eigenvalue weighted by molar-refractivity contribution is 8.02. The van der Waals surface area contributed by atoms with E-state index in [9.17, 15) is 4.79 Å². The van der Waals surface area contributed by atoms with Crippen molar-refractivity contribution in [2.45, 2.75) is 30.0 Å². The maximum Gasteiger partial charge on any atom is 0.319 e. The lowest BCUT2D eigenvalue weighted by Crippen LogP contribution is -2.16. The SMILES string of the molecule is CCOC(=O)C(C)Sc1nnc(NCc2ccco2)s1. The van der Waals surface area contributed by atoms with E-state index < -0.39 is 0 Å². The van der Waals surface area contributed by atoms with Gasteiger partial charge in [0, 0.05) is 0 Å². The van der Waals surface area contributed by atoms with Gasteiger partial charge < -0.3 is 14.5 Å². The summed E-state index contributed by atoms with van der Waals surface area (Å²) >= 11 is 2.74. The van der Waals surface area contributed by atoms with Gasteiger partial charge in [0.05, 0.1) is 19.4 Å². The number of nitrogens with zero attached hydrogens (tertiary/aromatic N) is 2. The molecule has 2 aromatic rings. The first-order chi connectivity index (χ1) is 9.69. The van der Waals surface area contributed by atoms with Gasteiger partial charge in [-0.25, -0.2) is 0 Å². The maximum absolute atomic E-state index is 11.5. The van der Waals surface area contributed by atoms with Crippen molar-refractivity contribution in [2.75, 3.05) is 11.9 Å². The third-order valence-electron chi connectivity index (χ3n) is 2.30. The Kier molecular flexibility index (Phi) is 5.42. The van der Waals surface area contributed by atoms with E-state index in [-0.39, 0.29) is 11.2 Å². The van der Waals surface area contributed by atoms with E-state index in [0.29, 0.717) is 18.3 Å². The predicted octanol–water partition coefficient (Wildman–Crippen LogP) is 2.79. The normalized spacial score (nSPS) is 12.1. The molecule has 1 unspecified atom stereocenters. The summed E-state index contributed by atoms with van der Waals surface area (Å²) in [6.07, 6.45) is 1.62. The first-order valence-corrected chi connectivity index (χ1v) is 7.81. The molecule has 0 saturated carbocycles. The summed E-state index contributed by atoms with van der Waals surface area (Å²) in [7, 11) is 0.